The molecule has 0 fully saturated rings. The summed E-state index contributed by atoms with van der Waals surface area (Å²) >= 11 is 0. The summed E-state index contributed by atoms with van der Waals surface area (Å²) < 4.78 is 13.6. The van der Waals surface area contributed by atoms with Gasteiger partial charge in [-0.2, -0.15) is 0 Å². The van der Waals surface area contributed by atoms with Crippen molar-refractivity contribution in [2.75, 3.05) is 10.6 Å². The van der Waals surface area contributed by atoms with Crippen LogP contribution in [0.5, 0.6) is 0 Å². The van der Waals surface area contributed by atoms with Gasteiger partial charge in [0.15, 0.2) is 0 Å². The number of nitrogens with one attached hydrogen (secondary N) is 2. The minimum absolute atomic E-state index is 0.263. The lowest BCUT2D eigenvalue weighted by molar-refractivity contribution is 0.102. The molecule has 0 bridgehead atoms. The minimum atomic E-state index is -0.296. The van der Waals surface area contributed by atoms with Crippen molar-refractivity contribution in [3.8, 4) is 0 Å². The summed E-state index contributed by atoms with van der Waals surface area (Å²) in [6.45, 7) is 0.330. The lowest BCUT2D eigenvalue weighted by atomic mass is 10.2. The van der Waals surface area contributed by atoms with Crippen LogP contribution in [-0.4, -0.2) is 10.9 Å². The van der Waals surface area contributed by atoms with Crippen LogP contribution in [0.2, 0.25) is 0 Å². The van der Waals surface area contributed by atoms with Crippen molar-refractivity contribution in [3.05, 3.63) is 90.0 Å². The first-order chi connectivity index (χ1) is 11.7. The molecule has 3 aromatic rings. The summed E-state index contributed by atoms with van der Waals surface area (Å²) in [5, 5.41) is 5.88. The largest absolute Gasteiger partial charge is 0.381 e. The topological polar surface area (TPSA) is 54.0 Å². The van der Waals surface area contributed by atoms with Crippen molar-refractivity contribution in [1.82, 2.24) is 4.98 Å². The van der Waals surface area contributed by atoms with Crippen molar-refractivity contribution >= 4 is 17.3 Å². The molecular formula is C19H16FN3O. The third-order valence-electron chi connectivity index (χ3n) is 3.47. The van der Waals surface area contributed by atoms with Gasteiger partial charge in [0.05, 0.1) is 0 Å². The van der Waals surface area contributed by atoms with Crippen molar-refractivity contribution < 1.29 is 9.18 Å². The lowest BCUT2D eigenvalue weighted by Gasteiger charge is -2.09. The molecule has 0 atom stereocenters. The van der Waals surface area contributed by atoms with E-state index < -0.39 is 0 Å². The van der Waals surface area contributed by atoms with Gasteiger partial charge in [0, 0.05) is 29.7 Å². The fourth-order valence-electron chi connectivity index (χ4n) is 2.22. The Morgan fingerprint density at radius 3 is 2.50 bits per heavy atom. The standard InChI is InChI=1S/C19H16FN3O/c20-17-9-5-4-6-14(17)13-22-16-10-11-21-18(12-16)19(24)23-15-7-2-1-3-8-15/h1-12H,13H2,(H,21,22)(H,23,24). The SMILES string of the molecule is O=C(Nc1ccccc1)c1cc(NCc2ccccc2F)ccn1. The quantitative estimate of drug-likeness (QED) is 0.744. The molecule has 0 saturated heterocycles. The number of pyridine rings is 1. The van der Waals surface area contributed by atoms with E-state index in [0.717, 1.165) is 0 Å². The number of para-hydroxylation sites is 1. The number of hydrogen-bond donors (Lipinski definition) is 2. The smallest absolute Gasteiger partial charge is 0.274 e. The fraction of sp³-hybridized carbons (Fsp3) is 0.0526. The Morgan fingerprint density at radius 1 is 0.958 bits per heavy atom. The van der Waals surface area contributed by atoms with Crippen LogP contribution in [0, 0.1) is 5.82 Å². The van der Waals surface area contributed by atoms with Crippen LogP contribution in [0.25, 0.3) is 0 Å². The zero-order valence-electron chi connectivity index (χ0n) is 12.9. The molecule has 0 saturated carbocycles. The number of benzene rings is 2. The maximum Gasteiger partial charge on any atom is 0.274 e. The van der Waals surface area contributed by atoms with Crippen LogP contribution >= 0.6 is 0 Å². The van der Waals surface area contributed by atoms with Gasteiger partial charge in [-0.1, -0.05) is 36.4 Å². The first-order valence-electron chi connectivity index (χ1n) is 7.52. The van der Waals surface area contributed by atoms with Gasteiger partial charge in [-0.15, -0.1) is 0 Å². The monoisotopic (exact) mass is 321 g/mol. The second-order valence-corrected chi connectivity index (χ2v) is 5.19. The maximum absolute atomic E-state index is 13.6. The van der Waals surface area contributed by atoms with Gasteiger partial charge >= 0.3 is 0 Å². The molecule has 2 aromatic carbocycles. The lowest BCUT2D eigenvalue weighted by Crippen LogP contribution is -2.14. The van der Waals surface area contributed by atoms with Gasteiger partial charge in [-0.25, -0.2) is 4.39 Å². The molecule has 0 aliphatic rings. The van der Waals surface area contributed by atoms with Gasteiger partial charge in [-0.05, 0) is 30.3 Å². The zero-order chi connectivity index (χ0) is 16.8. The van der Waals surface area contributed by atoms with Crippen molar-refractivity contribution in [2.24, 2.45) is 0 Å². The first kappa shape index (κ1) is 15.7. The molecule has 0 spiro atoms. The molecule has 0 radical (unpaired) electrons. The van der Waals surface area contributed by atoms with Crippen LogP contribution in [-0.2, 0) is 6.54 Å². The summed E-state index contributed by atoms with van der Waals surface area (Å²) in [4.78, 5) is 16.3. The molecule has 4 nitrogen and oxygen atoms in total. The number of anilines is 2. The summed E-state index contributed by atoms with van der Waals surface area (Å²) in [6.07, 6.45) is 1.55. The van der Waals surface area contributed by atoms with Gasteiger partial charge in [-0.3, -0.25) is 9.78 Å². The van der Waals surface area contributed by atoms with Gasteiger partial charge < -0.3 is 10.6 Å². The van der Waals surface area contributed by atoms with E-state index in [-0.39, 0.29) is 17.4 Å². The van der Waals surface area contributed by atoms with Crippen LogP contribution in [0.4, 0.5) is 15.8 Å². The summed E-state index contributed by atoms with van der Waals surface area (Å²) in [5.41, 5.74) is 2.25. The molecule has 0 aliphatic carbocycles. The number of aromatic nitrogens is 1. The number of halogens is 1. The fourth-order valence-corrected chi connectivity index (χ4v) is 2.22. The molecule has 3 rings (SSSR count). The molecular weight excluding hydrogens is 305 g/mol. The van der Waals surface area contributed by atoms with Crippen LogP contribution in [0.15, 0.2) is 72.9 Å². The van der Waals surface area contributed by atoms with E-state index in [4.69, 9.17) is 0 Å². The second-order valence-electron chi connectivity index (χ2n) is 5.19. The third kappa shape index (κ3) is 3.95. The van der Waals surface area contributed by atoms with E-state index >= 15 is 0 Å². The summed E-state index contributed by atoms with van der Waals surface area (Å²) in [5.74, 6) is -0.558. The highest BCUT2D eigenvalue weighted by Crippen LogP contribution is 2.14. The highest BCUT2D eigenvalue weighted by molar-refractivity contribution is 6.03. The average molecular weight is 321 g/mol. The van der Waals surface area contributed by atoms with Crippen molar-refractivity contribution in [3.63, 3.8) is 0 Å². The molecule has 5 heteroatoms. The Kier molecular flexibility index (Phi) is 4.81. The van der Waals surface area contributed by atoms with Gasteiger partial charge in [0.1, 0.15) is 11.5 Å². The van der Waals surface area contributed by atoms with E-state index in [0.29, 0.717) is 23.5 Å². The highest BCUT2D eigenvalue weighted by Gasteiger charge is 2.08. The zero-order valence-corrected chi connectivity index (χ0v) is 12.9. The molecule has 2 N–H and O–H groups in total. The van der Waals surface area contributed by atoms with Crippen LogP contribution in [0.3, 0.4) is 0 Å². The van der Waals surface area contributed by atoms with Gasteiger partial charge in [0.25, 0.3) is 5.91 Å². The third-order valence-corrected chi connectivity index (χ3v) is 3.47. The number of carbonyl (C=O) groups excluding carboxylic acids is 1. The second kappa shape index (κ2) is 7.37. The van der Waals surface area contributed by atoms with Crippen molar-refractivity contribution in [1.29, 1.82) is 0 Å². The van der Waals surface area contributed by atoms with E-state index in [1.807, 2.05) is 18.2 Å². The molecule has 0 aliphatic heterocycles. The molecule has 1 amide bonds. The summed E-state index contributed by atoms with van der Waals surface area (Å²) in [6, 6.07) is 19.1. The Balaban J connectivity index is 1.68. The van der Waals surface area contributed by atoms with E-state index in [1.165, 1.54) is 6.07 Å². The molecule has 24 heavy (non-hydrogen) atoms. The molecule has 1 aromatic heterocycles. The molecule has 0 unspecified atom stereocenters. The Bertz CT molecular complexity index is 837. The Labute approximate surface area is 139 Å². The number of hydrogen-bond acceptors (Lipinski definition) is 3. The predicted octanol–water partition coefficient (Wildman–Crippen LogP) is 4.09. The average Bonchev–Trinajstić information content (AvgIpc) is 2.62. The normalized spacial score (nSPS) is 10.2. The Hall–Kier alpha value is -3.21. The number of rotatable bonds is 5. The number of nitrogens with zero attached hydrogens (tertiary/aromatic N) is 1. The first-order valence-corrected chi connectivity index (χ1v) is 7.52. The molecule has 120 valence electrons. The van der Waals surface area contributed by atoms with Gasteiger partial charge in [0.2, 0.25) is 0 Å². The van der Waals surface area contributed by atoms with Crippen molar-refractivity contribution in [2.45, 2.75) is 6.54 Å². The van der Waals surface area contributed by atoms with E-state index in [1.54, 1.807) is 48.7 Å². The van der Waals surface area contributed by atoms with Crippen LogP contribution in [0.1, 0.15) is 16.1 Å². The Morgan fingerprint density at radius 2 is 1.71 bits per heavy atom. The van der Waals surface area contributed by atoms with E-state index in [9.17, 15) is 9.18 Å². The minimum Gasteiger partial charge on any atom is -0.381 e. The predicted molar refractivity (Wildman–Crippen MR) is 92.4 cm³/mol. The van der Waals surface area contributed by atoms with E-state index in [2.05, 4.69) is 15.6 Å². The summed E-state index contributed by atoms with van der Waals surface area (Å²) in [7, 11) is 0. The molecule has 1 heterocycles. The van der Waals surface area contributed by atoms with Crippen LogP contribution < -0.4 is 10.6 Å². The number of amides is 1. The maximum atomic E-state index is 13.6. The number of carbonyl (C=O) groups is 1. The highest BCUT2D eigenvalue weighted by atomic mass is 19.1.